The molecule has 12 heteroatoms. The largest absolute Gasteiger partial charge is 0.378 e. The summed E-state index contributed by atoms with van der Waals surface area (Å²) < 4.78 is 34.5. The Hall–Kier alpha value is -4.06. The highest BCUT2D eigenvalue weighted by Gasteiger charge is 2.27. The molecule has 1 amide bonds. The Morgan fingerprint density at radius 3 is 2.67 bits per heavy atom. The Labute approximate surface area is 205 Å². The quantitative estimate of drug-likeness (QED) is 0.450. The summed E-state index contributed by atoms with van der Waals surface area (Å²) in [5, 5.41) is 7.07. The first-order valence-corrected chi connectivity index (χ1v) is 11.4. The number of aromatic nitrogens is 6. The van der Waals surface area contributed by atoms with E-state index in [9.17, 15) is 13.6 Å². The van der Waals surface area contributed by atoms with Crippen molar-refractivity contribution >= 4 is 28.4 Å². The van der Waals surface area contributed by atoms with Gasteiger partial charge in [0, 0.05) is 50.1 Å². The molecule has 0 saturated carbocycles. The van der Waals surface area contributed by atoms with Crippen molar-refractivity contribution in [3.05, 3.63) is 53.7 Å². The van der Waals surface area contributed by atoms with Gasteiger partial charge in [0.25, 0.3) is 11.8 Å². The predicted molar refractivity (Wildman–Crippen MR) is 129 cm³/mol. The van der Waals surface area contributed by atoms with Crippen LogP contribution < -0.4 is 10.2 Å². The second-order valence-electron chi connectivity index (χ2n) is 8.60. The number of halogens is 2. The molecule has 1 N–H and O–H groups in total. The molecule has 0 bridgehead atoms. The third kappa shape index (κ3) is 4.59. The number of fused-ring (bicyclic) bond motifs is 1. The molecule has 0 radical (unpaired) electrons. The highest BCUT2D eigenvalue weighted by atomic mass is 19.3. The summed E-state index contributed by atoms with van der Waals surface area (Å²) in [6, 6.07) is 4.17. The average molecular weight is 495 g/mol. The molecule has 4 aromatic heterocycles. The molecule has 0 aromatic carbocycles. The van der Waals surface area contributed by atoms with E-state index in [-0.39, 0.29) is 5.56 Å². The minimum atomic E-state index is -3.16. The summed E-state index contributed by atoms with van der Waals surface area (Å²) in [4.78, 5) is 32.6. The maximum Gasteiger partial charge on any atom is 0.286 e. The van der Waals surface area contributed by atoms with Gasteiger partial charge >= 0.3 is 0 Å². The van der Waals surface area contributed by atoms with Gasteiger partial charge in [0.1, 0.15) is 16.7 Å². The van der Waals surface area contributed by atoms with Gasteiger partial charge in [-0.25, -0.2) is 9.97 Å². The van der Waals surface area contributed by atoms with E-state index in [4.69, 9.17) is 14.7 Å². The fraction of sp³-hybridized carbons (Fsp3) is 0.333. The monoisotopic (exact) mass is 494 g/mol. The van der Waals surface area contributed by atoms with Crippen LogP contribution in [0.15, 0.2) is 36.8 Å². The zero-order chi connectivity index (χ0) is 25.4. The molecule has 4 aromatic rings. The molecular weight excluding hydrogens is 470 g/mol. The Kier molecular flexibility index (Phi) is 6.04. The highest BCUT2D eigenvalue weighted by molar-refractivity contribution is 6.04. The van der Waals surface area contributed by atoms with E-state index >= 15 is 0 Å². The Morgan fingerprint density at radius 1 is 1.14 bits per heavy atom. The van der Waals surface area contributed by atoms with E-state index in [1.54, 1.807) is 16.9 Å². The van der Waals surface area contributed by atoms with Gasteiger partial charge in [-0.3, -0.25) is 19.4 Å². The number of pyridine rings is 2. The number of ether oxygens (including phenoxy) is 1. The molecule has 10 nitrogen and oxygen atoms in total. The molecule has 36 heavy (non-hydrogen) atoms. The van der Waals surface area contributed by atoms with Crippen LogP contribution in [0.4, 0.5) is 20.3 Å². The van der Waals surface area contributed by atoms with E-state index in [1.165, 1.54) is 18.5 Å². The van der Waals surface area contributed by atoms with Gasteiger partial charge < -0.3 is 15.0 Å². The van der Waals surface area contributed by atoms with Crippen LogP contribution in [-0.2, 0) is 17.7 Å². The number of hydrogen-bond acceptors (Lipinski definition) is 8. The minimum Gasteiger partial charge on any atom is -0.378 e. The molecule has 0 spiro atoms. The van der Waals surface area contributed by atoms with Crippen molar-refractivity contribution in [1.29, 1.82) is 0 Å². The van der Waals surface area contributed by atoms with Crippen molar-refractivity contribution < 1.29 is 18.3 Å². The van der Waals surface area contributed by atoms with E-state index in [0.29, 0.717) is 54.6 Å². The number of amides is 1. The number of nitrogens with zero attached hydrogens (tertiary/aromatic N) is 7. The number of carbonyl (C=O) groups excluding carboxylic acids is 1. The van der Waals surface area contributed by atoms with Gasteiger partial charge in [0.05, 0.1) is 31.3 Å². The molecule has 1 aliphatic heterocycles. The lowest BCUT2D eigenvalue weighted by Crippen LogP contribution is -2.37. The Morgan fingerprint density at radius 2 is 1.92 bits per heavy atom. The molecule has 5 rings (SSSR count). The lowest BCUT2D eigenvalue weighted by Gasteiger charge is -2.28. The summed E-state index contributed by atoms with van der Waals surface area (Å²) in [5.74, 6) is -2.53. The van der Waals surface area contributed by atoms with Gasteiger partial charge in [-0.05, 0) is 25.1 Å². The number of nitrogens with one attached hydrogen (secondary N) is 1. The maximum absolute atomic E-state index is 13.7. The van der Waals surface area contributed by atoms with Crippen LogP contribution in [0.25, 0.3) is 22.4 Å². The first-order chi connectivity index (χ1) is 17.2. The topological polar surface area (TPSA) is 111 Å². The zero-order valence-electron chi connectivity index (χ0n) is 20.0. The van der Waals surface area contributed by atoms with Gasteiger partial charge in [-0.2, -0.15) is 13.9 Å². The average Bonchev–Trinajstić information content (AvgIpc) is 3.25. The highest BCUT2D eigenvalue weighted by Crippen LogP contribution is 2.30. The minimum absolute atomic E-state index is 0.0614. The van der Waals surface area contributed by atoms with Crippen molar-refractivity contribution in [2.45, 2.75) is 19.8 Å². The standard InChI is InChI=1S/C24H24F2N8O2/c1-14-17(11-16(12-28-14)30-23(35)15-4-5-27-19(10-15)24(2,25)26)21-31-18-13-29-33(3)20(18)22(32-21)34-6-8-36-9-7-34/h4-5,10-13H,6-9H2,1-3H3,(H,30,35). The zero-order valence-corrected chi connectivity index (χ0v) is 20.0. The number of rotatable bonds is 5. The van der Waals surface area contributed by atoms with Crippen LogP contribution >= 0.6 is 0 Å². The van der Waals surface area contributed by atoms with Crippen LogP contribution in [0.5, 0.6) is 0 Å². The predicted octanol–water partition coefficient (Wildman–Crippen LogP) is 3.33. The first-order valence-electron chi connectivity index (χ1n) is 11.4. The summed E-state index contributed by atoms with van der Waals surface area (Å²) in [7, 11) is 1.84. The number of carbonyl (C=O) groups is 1. The molecule has 0 aliphatic carbocycles. The van der Waals surface area contributed by atoms with E-state index in [0.717, 1.165) is 24.3 Å². The second-order valence-corrected chi connectivity index (χ2v) is 8.60. The van der Waals surface area contributed by atoms with Gasteiger partial charge in [-0.1, -0.05) is 0 Å². The van der Waals surface area contributed by atoms with Crippen molar-refractivity contribution in [3.8, 4) is 11.4 Å². The summed E-state index contributed by atoms with van der Waals surface area (Å²) in [6.45, 7) is 5.13. The van der Waals surface area contributed by atoms with Crippen LogP contribution in [-0.4, -0.2) is 61.9 Å². The van der Waals surface area contributed by atoms with Gasteiger partial charge in [-0.15, -0.1) is 0 Å². The number of hydrogen-bond donors (Lipinski definition) is 1. The number of anilines is 2. The normalized spacial score (nSPS) is 14.3. The summed E-state index contributed by atoms with van der Waals surface area (Å²) in [5.41, 5.74) is 2.76. The lowest BCUT2D eigenvalue weighted by molar-refractivity contribution is 0.0127. The SMILES string of the molecule is Cc1ncc(NC(=O)c2ccnc(C(C)(F)F)c2)cc1-c1nc(N2CCOCC2)c2c(cnn2C)n1. The Balaban J connectivity index is 1.50. The molecule has 1 aliphatic rings. The summed E-state index contributed by atoms with van der Waals surface area (Å²) in [6.07, 6.45) is 4.37. The maximum atomic E-state index is 13.7. The first kappa shape index (κ1) is 23.7. The molecule has 0 atom stereocenters. The van der Waals surface area contributed by atoms with Crippen molar-refractivity contribution in [2.24, 2.45) is 7.05 Å². The molecular formula is C24H24F2N8O2. The number of morpholine rings is 1. The second kappa shape index (κ2) is 9.19. The van der Waals surface area contributed by atoms with E-state index in [1.807, 2.05) is 14.0 Å². The molecule has 5 heterocycles. The fourth-order valence-electron chi connectivity index (χ4n) is 4.02. The van der Waals surface area contributed by atoms with Crippen molar-refractivity contribution in [3.63, 3.8) is 0 Å². The van der Waals surface area contributed by atoms with E-state index < -0.39 is 17.5 Å². The third-order valence-electron chi connectivity index (χ3n) is 5.94. The van der Waals surface area contributed by atoms with Crippen LogP contribution in [0.1, 0.15) is 28.7 Å². The van der Waals surface area contributed by atoms with Gasteiger partial charge in [0.2, 0.25) is 0 Å². The van der Waals surface area contributed by atoms with E-state index in [2.05, 4.69) is 25.3 Å². The summed E-state index contributed by atoms with van der Waals surface area (Å²) >= 11 is 0. The molecule has 186 valence electrons. The van der Waals surface area contributed by atoms with Crippen LogP contribution in [0.2, 0.25) is 0 Å². The Bertz CT molecular complexity index is 1440. The van der Waals surface area contributed by atoms with Crippen LogP contribution in [0, 0.1) is 6.92 Å². The molecule has 1 saturated heterocycles. The number of alkyl halides is 2. The fourth-order valence-corrected chi connectivity index (χ4v) is 4.02. The van der Waals surface area contributed by atoms with Gasteiger partial charge in [0.15, 0.2) is 11.6 Å². The third-order valence-corrected chi connectivity index (χ3v) is 5.94. The van der Waals surface area contributed by atoms with Crippen molar-refractivity contribution in [1.82, 2.24) is 29.7 Å². The van der Waals surface area contributed by atoms with Crippen LogP contribution in [0.3, 0.4) is 0 Å². The smallest absolute Gasteiger partial charge is 0.286 e. The number of aryl methyl sites for hydroxylation is 2. The van der Waals surface area contributed by atoms with Crippen molar-refractivity contribution in [2.75, 3.05) is 36.5 Å². The molecule has 0 unspecified atom stereocenters. The molecule has 1 fully saturated rings. The lowest BCUT2D eigenvalue weighted by atomic mass is 10.1.